The zero-order valence-electron chi connectivity index (χ0n) is 10.8. The van der Waals surface area contributed by atoms with E-state index in [-0.39, 0.29) is 11.5 Å². The minimum absolute atomic E-state index is 0.00706. The van der Waals surface area contributed by atoms with Crippen LogP contribution in [0.5, 0.6) is 0 Å². The van der Waals surface area contributed by atoms with E-state index >= 15 is 0 Å². The average molecular weight is 282 g/mol. The molecule has 2 aromatic heterocycles. The van der Waals surface area contributed by atoms with Crippen molar-refractivity contribution in [1.82, 2.24) is 15.0 Å². The molecule has 2 heterocycles. The smallest absolute Gasteiger partial charge is 0.0857 e. The number of hydrazine groups is 1. The molecule has 0 bridgehead atoms. The van der Waals surface area contributed by atoms with E-state index in [0.717, 1.165) is 17.0 Å². The van der Waals surface area contributed by atoms with Gasteiger partial charge in [-0.1, -0.05) is 31.3 Å². The maximum atomic E-state index is 5.70. The van der Waals surface area contributed by atoms with Crippen molar-refractivity contribution in [1.29, 1.82) is 0 Å². The summed E-state index contributed by atoms with van der Waals surface area (Å²) in [5.41, 5.74) is 3.92. The average Bonchev–Trinajstić information content (AvgIpc) is 2.95. The van der Waals surface area contributed by atoms with Crippen LogP contribution in [0.15, 0.2) is 17.5 Å². The monoisotopic (exact) mass is 282 g/mol. The Morgan fingerprint density at radius 2 is 2.22 bits per heavy atom. The molecular weight excluding hydrogens is 264 g/mol. The molecule has 4 nitrogen and oxygen atoms in total. The summed E-state index contributed by atoms with van der Waals surface area (Å²) in [4.78, 5) is 2.45. The van der Waals surface area contributed by atoms with Gasteiger partial charge in [0.2, 0.25) is 0 Å². The number of aromatic nitrogens is 2. The second kappa shape index (κ2) is 5.44. The number of nitrogens with one attached hydrogen (secondary N) is 1. The van der Waals surface area contributed by atoms with Crippen LogP contribution in [0.1, 0.15) is 42.3 Å². The fourth-order valence-corrected chi connectivity index (χ4v) is 3.48. The highest BCUT2D eigenvalue weighted by Crippen LogP contribution is 2.32. The molecule has 0 aliphatic heterocycles. The van der Waals surface area contributed by atoms with Crippen molar-refractivity contribution in [2.75, 3.05) is 0 Å². The maximum Gasteiger partial charge on any atom is 0.0857 e. The third kappa shape index (κ3) is 2.95. The zero-order chi connectivity index (χ0) is 13.2. The molecule has 2 rings (SSSR count). The van der Waals surface area contributed by atoms with Crippen LogP contribution in [0.3, 0.4) is 0 Å². The topological polar surface area (TPSA) is 63.8 Å². The van der Waals surface area contributed by atoms with Crippen molar-refractivity contribution < 1.29 is 0 Å². The molecule has 0 spiro atoms. The van der Waals surface area contributed by atoms with Crippen LogP contribution in [-0.4, -0.2) is 9.59 Å². The first-order valence-electron chi connectivity index (χ1n) is 5.83. The van der Waals surface area contributed by atoms with Gasteiger partial charge in [-0.2, -0.15) is 0 Å². The second-order valence-corrected chi connectivity index (χ2v) is 7.06. The minimum atomic E-state index is -0.00706. The van der Waals surface area contributed by atoms with E-state index in [0.29, 0.717) is 0 Å². The quantitative estimate of drug-likeness (QED) is 0.668. The molecule has 0 aliphatic carbocycles. The van der Waals surface area contributed by atoms with Crippen molar-refractivity contribution >= 4 is 22.9 Å². The lowest BCUT2D eigenvalue weighted by atomic mass is 9.89. The third-order valence-electron chi connectivity index (χ3n) is 2.73. The van der Waals surface area contributed by atoms with E-state index in [2.05, 4.69) is 53.3 Å². The molecule has 2 aromatic rings. The van der Waals surface area contributed by atoms with E-state index in [1.54, 1.807) is 11.3 Å². The zero-order valence-corrected chi connectivity index (χ0v) is 12.4. The van der Waals surface area contributed by atoms with Crippen molar-refractivity contribution in [3.63, 3.8) is 0 Å². The van der Waals surface area contributed by atoms with Crippen molar-refractivity contribution in [3.05, 3.63) is 33.0 Å². The standard InChI is InChI=1S/C12H18N4S2/c1-12(2,3)11-10(18-16-15-11)9(14-13)7-8-5-4-6-17-8/h4-6,9,14H,7,13H2,1-3H3. The van der Waals surface area contributed by atoms with Crippen LogP contribution in [0.25, 0.3) is 0 Å². The lowest BCUT2D eigenvalue weighted by Gasteiger charge is -2.20. The van der Waals surface area contributed by atoms with Gasteiger partial charge in [0.1, 0.15) is 0 Å². The molecule has 1 atom stereocenters. The molecule has 0 radical (unpaired) electrons. The highest BCUT2D eigenvalue weighted by atomic mass is 32.1. The Labute approximate surface area is 115 Å². The van der Waals surface area contributed by atoms with Gasteiger partial charge in [-0.25, -0.2) is 0 Å². The molecule has 0 saturated carbocycles. The van der Waals surface area contributed by atoms with Gasteiger partial charge in [-0.05, 0) is 23.0 Å². The number of hydrogen-bond donors (Lipinski definition) is 2. The van der Waals surface area contributed by atoms with Crippen LogP contribution < -0.4 is 11.3 Å². The highest BCUT2D eigenvalue weighted by Gasteiger charge is 2.27. The van der Waals surface area contributed by atoms with E-state index in [4.69, 9.17) is 5.84 Å². The summed E-state index contributed by atoms with van der Waals surface area (Å²) in [6.07, 6.45) is 0.876. The number of rotatable bonds is 4. The van der Waals surface area contributed by atoms with E-state index in [1.165, 1.54) is 16.4 Å². The number of thiophene rings is 1. The third-order valence-corrected chi connectivity index (χ3v) is 4.46. The van der Waals surface area contributed by atoms with Gasteiger partial charge < -0.3 is 0 Å². The Morgan fingerprint density at radius 1 is 1.44 bits per heavy atom. The Morgan fingerprint density at radius 3 is 2.78 bits per heavy atom. The number of hydrogen-bond acceptors (Lipinski definition) is 6. The van der Waals surface area contributed by atoms with Gasteiger partial charge >= 0.3 is 0 Å². The molecule has 98 valence electrons. The van der Waals surface area contributed by atoms with Crippen LogP contribution in [0.2, 0.25) is 0 Å². The van der Waals surface area contributed by atoms with Gasteiger partial charge in [0.25, 0.3) is 0 Å². The highest BCUT2D eigenvalue weighted by molar-refractivity contribution is 7.10. The predicted octanol–water partition coefficient (Wildman–Crippen LogP) is 2.64. The van der Waals surface area contributed by atoms with Crippen molar-refractivity contribution in [2.24, 2.45) is 5.84 Å². The van der Waals surface area contributed by atoms with Gasteiger partial charge in [0.05, 0.1) is 16.6 Å². The van der Waals surface area contributed by atoms with E-state index in [9.17, 15) is 0 Å². The fourth-order valence-electron chi connectivity index (χ4n) is 1.80. The molecule has 0 aromatic carbocycles. The van der Waals surface area contributed by atoms with Crippen LogP contribution in [-0.2, 0) is 11.8 Å². The fraction of sp³-hybridized carbons (Fsp3) is 0.500. The maximum absolute atomic E-state index is 5.70. The second-order valence-electron chi connectivity index (χ2n) is 5.24. The van der Waals surface area contributed by atoms with Crippen LogP contribution >= 0.6 is 22.9 Å². The first-order valence-corrected chi connectivity index (χ1v) is 7.49. The SMILES string of the molecule is CC(C)(C)c1nnsc1C(Cc1cccs1)NN. The summed E-state index contributed by atoms with van der Waals surface area (Å²) in [6.45, 7) is 6.43. The lowest BCUT2D eigenvalue weighted by Crippen LogP contribution is -2.30. The van der Waals surface area contributed by atoms with E-state index in [1.807, 2.05) is 0 Å². The van der Waals surface area contributed by atoms with Gasteiger partial charge in [-0.3, -0.25) is 11.3 Å². The Bertz CT molecular complexity index is 484. The normalized spacial score (nSPS) is 13.8. The van der Waals surface area contributed by atoms with Crippen LogP contribution in [0.4, 0.5) is 0 Å². The molecule has 1 unspecified atom stereocenters. The molecule has 3 N–H and O–H groups in total. The summed E-state index contributed by atoms with van der Waals surface area (Å²) >= 11 is 3.18. The summed E-state index contributed by atoms with van der Waals surface area (Å²) in [6, 6.07) is 4.27. The Hall–Kier alpha value is -0.820. The molecule has 0 amide bonds. The summed E-state index contributed by atoms with van der Waals surface area (Å²) in [5, 5.41) is 6.34. The van der Waals surface area contributed by atoms with Crippen molar-refractivity contribution in [2.45, 2.75) is 38.6 Å². The van der Waals surface area contributed by atoms with Gasteiger partial charge in [0, 0.05) is 16.7 Å². The minimum Gasteiger partial charge on any atom is -0.271 e. The van der Waals surface area contributed by atoms with Gasteiger partial charge in [0.15, 0.2) is 0 Å². The van der Waals surface area contributed by atoms with Gasteiger partial charge in [-0.15, -0.1) is 16.4 Å². The molecule has 6 heteroatoms. The Kier molecular flexibility index (Phi) is 4.11. The largest absolute Gasteiger partial charge is 0.271 e. The summed E-state index contributed by atoms with van der Waals surface area (Å²) in [5.74, 6) is 5.70. The van der Waals surface area contributed by atoms with Crippen molar-refractivity contribution in [3.8, 4) is 0 Å². The molecule has 0 saturated heterocycles. The molecular formula is C12H18N4S2. The molecule has 18 heavy (non-hydrogen) atoms. The number of nitrogens with two attached hydrogens (primary N) is 1. The molecule has 0 aliphatic rings. The van der Waals surface area contributed by atoms with E-state index < -0.39 is 0 Å². The Balaban J connectivity index is 2.25. The molecule has 0 fully saturated rings. The first kappa shape index (κ1) is 13.6. The lowest BCUT2D eigenvalue weighted by molar-refractivity contribution is 0.517. The predicted molar refractivity (Wildman–Crippen MR) is 76.7 cm³/mol. The summed E-state index contributed by atoms with van der Waals surface area (Å²) < 4.78 is 4.09. The van der Waals surface area contributed by atoms with Crippen LogP contribution in [0, 0.1) is 0 Å². The number of nitrogens with zero attached hydrogens (tertiary/aromatic N) is 2. The summed E-state index contributed by atoms with van der Waals surface area (Å²) in [7, 11) is 0. The first-order chi connectivity index (χ1) is 8.52.